The summed E-state index contributed by atoms with van der Waals surface area (Å²) in [5, 5.41) is 2.58. The highest BCUT2D eigenvalue weighted by molar-refractivity contribution is 7.91. The first-order valence-electron chi connectivity index (χ1n) is 6.40. The summed E-state index contributed by atoms with van der Waals surface area (Å²) in [7, 11) is -13.5. The van der Waals surface area contributed by atoms with Crippen LogP contribution in [-0.4, -0.2) is 59.9 Å². The molecular formula is C10H16N2O10S3. The largest absolute Gasteiger partial charge is 0.399 e. The topological polar surface area (TPSA) is 199 Å². The van der Waals surface area contributed by atoms with Crippen molar-refractivity contribution < 1.29 is 42.7 Å². The molecule has 0 aromatic heterocycles. The minimum absolute atomic E-state index is 0.0417. The van der Waals surface area contributed by atoms with Crippen LogP contribution >= 0.6 is 0 Å². The second-order valence-electron chi connectivity index (χ2n) is 4.50. The van der Waals surface area contributed by atoms with Gasteiger partial charge in [0.1, 0.15) is 0 Å². The summed E-state index contributed by atoms with van der Waals surface area (Å²) in [5.74, 6) is -0.771. The first-order chi connectivity index (χ1) is 11.3. The van der Waals surface area contributed by atoms with Crippen LogP contribution in [-0.2, 0) is 39.0 Å². The number of rotatable bonds is 10. The van der Waals surface area contributed by atoms with Gasteiger partial charge in [-0.1, -0.05) is 0 Å². The SMILES string of the molecule is Nc1ccc(NCCOS(=O)(=O)O)c(S(=O)(=O)CCOS(=O)(=O)O)c1. The number of hydrogen-bond donors (Lipinski definition) is 4. The molecule has 0 bridgehead atoms. The number of nitrogens with one attached hydrogen (secondary N) is 1. The Morgan fingerprint density at radius 1 is 0.960 bits per heavy atom. The number of anilines is 2. The average Bonchev–Trinajstić information content (AvgIpc) is 2.42. The lowest BCUT2D eigenvalue weighted by Gasteiger charge is -2.13. The molecule has 0 aliphatic heterocycles. The minimum Gasteiger partial charge on any atom is -0.399 e. The third-order valence-corrected chi connectivity index (χ3v) is 5.22. The molecule has 0 radical (unpaired) electrons. The van der Waals surface area contributed by atoms with E-state index in [1.165, 1.54) is 12.1 Å². The van der Waals surface area contributed by atoms with E-state index >= 15 is 0 Å². The molecule has 0 unspecified atom stereocenters. The zero-order chi connectivity index (χ0) is 19.3. The van der Waals surface area contributed by atoms with E-state index in [2.05, 4.69) is 13.7 Å². The molecule has 1 aromatic rings. The van der Waals surface area contributed by atoms with Gasteiger partial charge in [-0.2, -0.15) is 16.8 Å². The monoisotopic (exact) mass is 420 g/mol. The molecule has 0 aliphatic rings. The summed E-state index contributed by atoms with van der Waals surface area (Å²) in [6, 6.07) is 3.79. The second kappa shape index (κ2) is 8.26. The Hall–Kier alpha value is -1.49. The van der Waals surface area contributed by atoms with E-state index in [0.717, 1.165) is 6.07 Å². The van der Waals surface area contributed by atoms with Crippen molar-refractivity contribution in [1.82, 2.24) is 0 Å². The first kappa shape index (κ1) is 21.6. The highest BCUT2D eigenvalue weighted by atomic mass is 32.3. The fourth-order valence-electron chi connectivity index (χ4n) is 1.63. The van der Waals surface area contributed by atoms with Gasteiger partial charge in [-0.25, -0.2) is 16.8 Å². The Morgan fingerprint density at radius 2 is 1.52 bits per heavy atom. The van der Waals surface area contributed by atoms with Crippen molar-refractivity contribution in [3.05, 3.63) is 18.2 Å². The summed E-state index contributed by atoms with van der Waals surface area (Å²) in [4.78, 5) is -0.293. The van der Waals surface area contributed by atoms with Gasteiger partial charge in [-0.05, 0) is 18.2 Å². The van der Waals surface area contributed by atoms with E-state index < -0.39 is 49.6 Å². The molecule has 0 saturated carbocycles. The van der Waals surface area contributed by atoms with E-state index in [-0.39, 0.29) is 22.8 Å². The van der Waals surface area contributed by atoms with Gasteiger partial charge in [0.15, 0.2) is 9.84 Å². The zero-order valence-corrected chi connectivity index (χ0v) is 15.0. The summed E-state index contributed by atoms with van der Waals surface area (Å²) in [6.07, 6.45) is 0. The smallest absolute Gasteiger partial charge is 0.397 e. The molecular weight excluding hydrogens is 404 g/mol. The molecule has 25 heavy (non-hydrogen) atoms. The van der Waals surface area contributed by atoms with Crippen LogP contribution in [0.25, 0.3) is 0 Å². The molecule has 15 heteroatoms. The fraction of sp³-hybridized carbons (Fsp3) is 0.400. The van der Waals surface area contributed by atoms with Crippen molar-refractivity contribution in [1.29, 1.82) is 0 Å². The lowest BCUT2D eigenvalue weighted by atomic mass is 10.3. The maximum atomic E-state index is 12.3. The third kappa shape index (κ3) is 8.43. The van der Waals surface area contributed by atoms with Gasteiger partial charge in [-0.15, -0.1) is 0 Å². The van der Waals surface area contributed by atoms with Crippen LogP contribution in [0.1, 0.15) is 0 Å². The van der Waals surface area contributed by atoms with Gasteiger partial charge in [0.05, 0.1) is 29.5 Å². The summed E-state index contributed by atoms with van der Waals surface area (Å²) in [5.41, 5.74) is 5.68. The molecule has 144 valence electrons. The normalized spacial score (nSPS) is 12.9. The van der Waals surface area contributed by atoms with E-state index in [4.69, 9.17) is 14.8 Å². The van der Waals surface area contributed by atoms with Gasteiger partial charge in [0, 0.05) is 12.2 Å². The number of nitrogens with two attached hydrogens (primary N) is 1. The highest BCUT2D eigenvalue weighted by Crippen LogP contribution is 2.25. The van der Waals surface area contributed by atoms with Crippen LogP contribution in [0.4, 0.5) is 11.4 Å². The molecule has 0 aliphatic carbocycles. The van der Waals surface area contributed by atoms with E-state index in [1.54, 1.807) is 0 Å². The van der Waals surface area contributed by atoms with Crippen LogP contribution in [0.15, 0.2) is 23.1 Å². The Bertz CT molecular complexity index is 908. The molecule has 12 nitrogen and oxygen atoms in total. The molecule has 0 heterocycles. The molecule has 0 fully saturated rings. The van der Waals surface area contributed by atoms with E-state index in [0.29, 0.717) is 0 Å². The Kier molecular flexibility index (Phi) is 7.12. The Balaban J connectivity index is 2.88. The predicted octanol–water partition coefficient (Wildman–Crippen LogP) is -0.907. The Morgan fingerprint density at radius 3 is 2.08 bits per heavy atom. The van der Waals surface area contributed by atoms with Crippen molar-refractivity contribution in [3.8, 4) is 0 Å². The zero-order valence-electron chi connectivity index (χ0n) is 12.5. The molecule has 0 spiro atoms. The fourth-order valence-corrected chi connectivity index (χ4v) is 3.64. The first-order valence-corrected chi connectivity index (χ1v) is 10.8. The molecule has 1 aromatic carbocycles. The standard InChI is InChI=1S/C10H16N2O10S3/c11-8-1-2-9(12-3-4-21-24(15,16)17)10(7-8)23(13,14)6-5-22-25(18,19)20/h1-2,7,12H,3-6,11H2,(H,15,16,17)(H,18,19,20). The van der Waals surface area contributed by atoms with Crippen LogP contribution in [0.3, 0.4) is 0 Å². The second-order valence-corrected chi connectivity index (χ2v) is 8.76. The van der Waals surface area contributed by atoms with Crippen molar-refractivity contribution in [2.24, 2.45) is 0 Å². The highest BCUT2D eigenvalue weighted by Gasteiger charge is 2.20. The number of benzene rings is 1. The Labute approximate surface area is 144 Å². The molecule has 5 N–H and O–H groups in total. The van der Waals surface area contributed by atoms with E-state index in [9.17, 15) is 25.3 Å². The van der Waals surface area contributed by atoms with Crippen LogP contribution in [0, 0.1) is 0 Å². The average molecular weight is 420 g/mol. The number of hydrogen-bond acceptors (Lipinski definition) is 10. The van der Waals surface area contributed by atoms with Gasteiger partial charge in [0.2, 0.25) is 0 Å². The summed E-state index contributed by atoms with van der Waals surface area (Å²) in [6.45, 7) is -1.47. The predicted molar refractivity (Wildman–Crippen MR) is 86.4 cm³/mol. The van der Waals surface area contributed by atoms with Gasteiger partial charge >= 0.3 is 20.8 Å². The third-order valence-electron chi connectivity index (χ3n) is 2.57. The van der Waals surface area contributed by atoms with Gasteiger partial charge in [-0.3, -0.25) is 9.11 Å². The van der Waals surface area contributed by atoms with Crippen LogP contribution < -0.4 is 11.1 Å². The minimum atomic E-state index is -4.78. The van der Waals surface area contributed by atoms with Crippen LogP contribution in [0.5, 0.6) is 0 Å². The lowest BCUT2D eigenvalue weighted by Crippen LogP contribution is -2.18. The molecule has 0 amide bonds. The lowest BCUT2D eigenvalue weighted by molar-refractivity contribution is 0.278. The molecule has 0 saturated heterocycles. The maximum Gasteiger partial charge on any atom is 0.397 e. The summed E-state index contributed by atoms with van der Waals surface area (Å²) >= 11 is 0. The van der Waals surface area contributed by atoms with Crippen molar-refractivity contribution in [2.45, 2.75) is 4.90 Å². The van der Waals surface area contributed by atoms with Crippen LogP contribution in [0.2, 0.25) is 0 Å². The maximum absolute atomic E-state index is 12.3. The van der Waals surface area contributed by atoms with Gasteiger partial charge in [0.25, 0.3) is 0 Å². The van der Waals surface area contributed by atoms with Crippen molar-refractivity contribution in [3.63, 3.8) is 0 Å². The number of sulfone groups is 1. The molecule has 0 atom stereocenters. The summed E-state index contributed by atoms with van der Waals surface area (Å²) < 4.78 is 91.2. The molecule has 1 rings (SSSR count). The number of nitrogen functional groups attached to an aromatic ring is 1. The van der Waals surface area contributed by atoms with Crippen molar-refractivity contribution >= 4 is 42.0 Å². The van der Waals surface area contributed by atoms with E-state index in [1.807, 2.05) is 0 Å². The quantitative estimate of drug-likeness (QED) is 0.207. The van der Waals surface area contributed by atoms with Crippen molar-refractivity contribution in [2.75, 3.05) is 36.6 Å². The van der Waals surface area contributed by atoms with Gasteiger partial charge < -0.3 is 11.1 Å².